The first kappa shape index (κ1) is 23.3. The predicted octanol–water partition coefficient (Wildman–Crippen LogP) is 4.01. The molecule has 1 N–H and O–H groups in total. The number of nitrogens with zero attached hydrogens (tertiary/aromatic N) is 2. The molecule has 0 bridgehead atoms. The number of aromatic nitrogens is 2. The lowest BCUT2D eigenvalue weighted by atomic mass is 10.1. The number of fused-ring (bicyclic) bond motifs is 1. The average Bonchev–Trinajstić information content (AvgIpc) is 2.82. The van der Waals surface area contributed by atoms with Crippen LogP contribution in [0.1, 0.15) is 20.7 Å². The van der Waals surface area contributed by atoms with Crippen molar-refractivity contribution in [1.82, 2.24) is 9.97 Å². The van der Waals surface area contributed by atoms with Crippen LogP contribution in [-0.4, -0.2) is 35.1 Å². The Hall–Kier alpha value is -3.88. The monoisotopic (exact) mass is 496 g/mol. The number of carbonyl (C=O) groups is 2. The van der Waals surface area contributed by atoms with Crippen LogP contribution < -0.4 is 19.9 Å². The first-order chi connectivity index (χ1) is 16.4. The van der Waals surface area contributed by atoms with E-state index >= 15 is 0 Å². The van der Waals surface area contributed by atoms with Crippen LogP contribution in [0.5, 0.6) is 11.6 Å². The van der Waals surface area contributed by atoms with E-state index in [4.69, 9.17) is 32.7 Å². The molecule has 1 heterocycles. The molecule has 0 aliphatic heterocycles. The van der Waals surface area contributed by atoms with E-state index in [1.807, 2.05) is 24.3 Å². The normalized spacial score (nSPS) is 10.6. The summed E-state index contributed by atoms with van der Waals surface area (Å²) in [7, 11) is 0. The van der Waals surface area contributed by atoms with Crippen LogP contribution in [0.15, 0.2) is 66.9 Å². The van der Waals surface area contributed by atoms with Crippen molar-refractivity contribution in [2.24, 2.45) is 0 Å². The number of benzene rings is 3. The van der Waals surface area contributed by atoms with Crippen molar-refractivity contribution in [3.8, 4) is 11.6 Å². The first-order valence-electron chi connectivity index (χ1n) is 10.00. The van der Waals surface area contributed by atoms with Gasteiger partial charge in [-0.3, -0.25) is 4.79 Å². The van der Waals surface area contributed by atoms with Gasteiger partial charge in [0, 0.05) is 10.6 Å². The SMILES string of the molecule is O=C(Nc1ccc(OCCOc2cnc3ccccc3n2)cc1C(=O)[O-])c1ccc(Cl)cc1Cl. The maximum Gasteiger partial charge on any atom is 0.257 e. The Morgan fingerprint density at radius 3 is 2.44 bits per heavy atom. The molecule has 0 radical (unpaired) electrons. The van der Waals surface area contributed by atoms with Gasteiger partial charge in [-0.1, -0.05) is 35.3 Å². The summed E-state index contributed by atoms with van der Waals surface area (Å²) in [6.07, 6.45) is 1.51. The Labute approximate surface area is 204 Å². The third-order valence-corrected chi connectivity index (χ3v) is 5.21. The van der Waals surface area contributed by atoms with E-state index in [0.29, 0.717) is 16.4 Å². The quantitative estimate of drug-likeness (QED) is 0.366. The minimum atomic E-state index is -1.48. The molecule has 0 atom stereocenters. The molecular weight excluding hydrogens is 481 g/mol. The smallest absolute Gasteiger partial charge is 0.257 e. The van der Waals surface area contributed by atoms with Crippen molar-refractivity contribution >= 4 is 51.8 Å². The molecule has 0 aliphatic rings. The second-order valence-electron chi connectivity index (χ2n) is 6.97. The fourth-order valence-electron chi connectivity index (χ4n) is 3.07. The van der Waals surface area contributed by atoms with Gasteiger partial charge in [-0.15, -0.1) is 0 Å². The van der Waals surface area contributed by atoms with Crippen LogP contribution in [0.25, 0.3) is 11.0 Å². The third kappa shape index (κ3) is 5.54. The Morgan fingerprint density at radius 1 is 0.912 bits per heavy atom. The molecule has 0 aliphatic carbocycles. The average molecular weight is 497 g/mol. The van der Waals surface area contributed by atoms with Crippen LogP contribution >= 0.6 is 23.2 Å². The topological polar surface area (TPSA) is 113 Å². The molecule has 34 heavy (non-hydrogen) atoms. The molecule has 10 heteroatoms. The van der Waals surface area contributed by atoms with Crippen molar-refractivity contribution < 1.29 is 24.2 Å². The number of para-hydroxylation sites is 2. The van der Waals surface area contributed by atoms with E-state index in [0.717, 1.165) is 5.52 Å². The number of anilines is 1. The number of carboxylic acid groups (broad SMARTS) is 1. The highest BCUT2D eigenvalue weighted by molar-refractivity contribution is 6.37. The highest BCUT2D eigenvalue weighted by atomic mass is 35.5. The van der Waals surface area contributed by atoms with E-state index in [-0.39, 0.29) is 40.8 Å². The minimum Gasteiger partial charge on any atom is -0.545 e. The largest absolute Gasteiger partial charge is 0.545 e. The Kier molecular flexibility index (Phi) is 7.10. The molecule has 4 aromatic rings. The summed E-state index contributed by atoms with van der Waals surface area (Å²) >= 11 is 11.9. The van der Waals surface area contributed by atoms with Gasteiger partial charge in [-0.25, -0.2) is 9.97 Å². The summed E-state index contributed by atoms with van der Waals surface area (Å²) in [5.41, 5.74) is 1.39. The van der Waals surface area contributed by atoms with Gasteiger partial charge in [-0.2, -0.15) is 0 Å². The van der Waals surface area contributed by atoms with Crippen LogP contribution in [0.3, 0.4) is 0 Å². The fourth-order valence-corrected chi connectivity index (χ4v) is 3.56. The molecule has 0 saturated carbocycles. The minimum absolute atomic E-state index is 0.0334. The molecule has 172 valence electrons. The van der Waals surface area contributed by atoms with Gasteiger partial charge in [0.2, 0.25) is 5.88 Å². The van der Waals surface area contributed by atoms with Crippen molar-refractivity contribution in [3.63, 3.8) is 0 Å². The molecule has 0 fully saturated rings. The zero-order valence-electron chi connectivity index (χ0n) is 17.5. The number of rotatable bonds is 8. The second kappa shape index (κ2) is 10.4. The maximum absolute atomic E-state index is 12.5. The highest BCUT2D eigenvalue weighted by Gasteiger charge is 2.14. The van der Waals surface area contributed by atoms with E-state index in [9.17, 15) is 14.7 Å². The number of aromatic carboxylic acids is 1. The number of hydrogen-bond acceptors (Lipinski definition) is 7. The van der Waals surface area contributed by atoms with Crippen molar-refractivity contribution in [2.75, 3.05) is 18.5 Å². The van der Waals surface area contributed by atoms with E-state index in [1.54, 1.807) is 0 Å². The molecule has 0 unspecified atom stereocenters. The lowest BCUT2D eigenvalue weighted by Gasteiger charge is -2.15. The van der Waals surface area contributed by atoms with Gasteiger partial charge in [0.05, 0.1) is 39.5 Å². The van der Waals surface area contributed by atoms with Crippen molar-refractivity contribution in [2.45, 2.75) is 0 Å². The summed E-state index contributed by atoms with van der Waals surface area (Å²) in [5.74, 6) is -1.47. The Bertz CT molecular complexity index is 1380. The standard InChI is InChI=1S/C24H17Cl2N3O5/c25-14-5-7-16(18(26)11-14)23(30)29-19-8-6-15(12-17(19)24(31)32)33-9-10-34-22-13-27-20-3-1-2-4-21(20)28-22/h1-8,11-13H,9-10H2,(H,29,30)(H,31,32)/p-1. The van der Waals surface area contributed by atoms with Crippen molar-refractivity contribution in [1.29, 1.82) is 0 Å². The van der Waals surface area contributed by atoms with Gasteiger partial charge in [-0.05, 0) is 48.5 Å². The molecule has 3 aromatic carbocycles. The van der Waals surface area contributed by atoms with Crippen LogP contribution in [0.4, 0.5) is 5.69 Å². The van der Waals surface area contributed by atoms with Crippen LogP contribution in [0.2, 0.25) is 10.0 Å². The Balaban J connectivity index is 1.38. The molecule has 8 nitrogen and oxygen atoms in total. The molecule has 1 amide bonds. The zero-order valence-corrected chi connectivity index (χ0v) is 19.0. The van der Waals surface area contributed by atoms with E-state index in [1.165, 1.54) is 42.6 Å². The highest BCUT2D eigenvalue weighted by Crippen LogP contribution is 2.25. The summed E-state index contributed by atoms with van der Waals surface area (Å²) in [5, 5.41) is 14.6. The Morgan fingerprint density at radius 2 is 1.68 bits per heavy atom. The van der Waals surface area contributed by atoms with E-state index < -0.39 is 11.9 Å². The molecule has 0 saturated heterocycles. The fraction of sp³-hybridized carbons (Fsp3) is 0.0833. The summed E-state index contributed by atoms with van der Waals surface area (Å²) in [6, 6.07) is 15.9. The van der Waals surface area contributed by atoms with Gasteiger partial charge in [0.1, 0.15) is 19.0 Å². The number of halogens is 2. The lowest BCUT2D eigenvalue weighted by molar-refractivity contribution is -0.254. The number of carboxylic acids is 1. The lowest BCUT2D eigenvalue weighted by Crippen LogP contribution is -2.25. The summed E-state index contributed by atoms with van der Waals surface area (Å²) in [6.45, 7) is 0.272. The van der Waals surface area contributed by atoms with Gasteiger partial charge in [0.25, 0.3) is 5.91 Å². The van der Waals surface area contributed by atoms with Gasteiger partial charge >= 0.3 is 0 Å². The van der Waals surface area contributed by atoms with E-state index in [2.05, 4.69) is 15.3 Å². The van der Waals surface area contributed by atoms with Gasteiger partial charge < -0.3 is 24.7 Å². The van der Waals surface area contributed by atoms with Crippen LogP contribution in [-0.2, 0) is 0 Å². The first-order valence-corrected chi connectivity index (χ1v) is 10.8. The zero-order chi connectivity index (χ0) is 24.1. The number of carbonyl (C=O) groups excluding carboxylic acids is 2. The summed E-state index contributed by atoms with van der Waals surface area (Å²) in [4.78, 5) is 32.8. The van der Waals surface area contributed by atoms with Crippen LogP contribution in [0, 0.1) is 0 Å². The molecular formula is C24H16Cl2N3O5-. The number of ether oxygens (including phenoxy) is 2. The third-order valence-electron chi connectivity index (χ3n) is 4.66. The molecule has 4 rings (SSSR count). The van der Waals surface area contributed by atoms with Gasteiger partial charge in [0.15, 0.2) is 0 Å². The second-order valence-corrected chi connectivity index (χ2v) is 7.81. The number of amides is 1. The number of nitrogens with one attached hydrogen (secondary N) is 1. The number of hydrogen-bond donors (Lipinski definition) is 1. The molecule has 0 spiro atoms. The maximum atomic E-state index is 12.5. The molecule has 1 aromatic heterocycles. The van der Waals surface area contributed by atoms with Crippen molar-refractivity contribution in [3.05, 3.63) is 88.0 Å². The summed E-state index contributed by atoms with van der Waals surface area (Å²) < 4.78 is 11.1. The predicted molar refractivity (Wildman–Crippen MR) is 126 cm³/mol.